The van der Waals surface area contributed by atoms with Gasteiger partial charge in [-0.05, 0) is 33.2 Å². The normalized spacial score (nSPS) is 22.7. The summed E-state index contributed by atoms with van der Waals surface area (Å²) in [6.07, 6.45) is 5.94. The highest BCUT2D eigenvalue weighted by Crippen LogP contribution is 2.11. The Labute approximate surface area is 126 Å². The lowest BCUT2D eigenvalue weighted by Gasteiger charge is -2.35. The average molecular weight is 289 g/mol. The first-order valence-corrected chi connectivity index (χ1v) is 7.52. The average Bonchev–Trinajstić information content (AvgIpc) is 2.46. The summed E-state index contributed by atoms with van der Waals surface area (Å²) in [5.74, 6) is 0.577. The summed E-state index contributed by atoms with van der Waals surface area (Å²) in [6, 6.07) is 2.04. The fourth-order valence-corrected chi connectivity index (χ4v) is 2.68. The van der Waals surface area contributed by atoms with Crippen molar-refractivity contribution in [3.63, 3.8) is 0 Å². The van der Waals surface area contributed by atoms with Crippen molar-refractivity contribution in [2.24, 2.45) is 0 Å². The molecule has 0 aliphatic carbocycles. The minimum Gasteiger partial charge on any atom is -0.373 e. The molecule has 114 valence electrons. The van der Waals surface area contributed by atoms with E-state index in [1.165, 1.54) is 6.20 Å². The SMILES string of the molecule is C[C@@H]1CN(CCCCNc2nccnc2C#N)C[C@@H](C)O1. The van der Waals surface area contributed by atoms with Gasteiger partial charge in [0, 0.05) is 32.0 Å². The zero-order chi connectivity index (χ0) is 15.1. The van der Waals surface area contributed by atoms with Crippen LogP contribution in [0.4, 0.5) is 5.82 Å². The first kappa shape index (κ1) is 15.7. The molecule has 2 heterocycles. The maximum atomic E-state index is 8.93. The van der Waals surface area contributed by atoms with Crippen molar-refractivity contribution in [3.8, 4) is 6.07 Å². The second kappa shape index (κ2) is 7.91. The van der Waals surface area contributed by atoms with Gasteiger partial charge in [0.2, 0.25) is 0 Å². The highest BCUT2D eigenvalue weighted by molar-refractivity contribution is 5.46. The molecule has 1 N–H and O–H groups in total. The number of nitriles is 1. The van der Waals surface area contributed by atoms with Crippen molar-refractivity contribution in [2.75, 3.05) is 31.5 Å². The Hall–Kier alpha value is -1.71. The molecule has 0 amide bonds. The van der Waals surface area contributed by atoms with Crippen LogP contribution in [0.1, 0.15) is 32.4 Å². The molecule has 0 unspecified atom stereocenters. The van der Waals surface area contributed by atoms with Gasteiger partial charge < -0.3 is 10.1 Å². The Kier molecular flexibility index (Phi) is 5.90. The third-order valence-electron chi connectivity index (χ3n) is 3.49. The first-order valence-electron chi connectivity index (χ1n) is 7.52. The van der Waals surface area contributed by atoms with E-state index in [-0.39, 0.29) is 0 Å². The number of nitrogens with one attached hydrogen (secondary N) is 1. The number of rotatable bonds is 6. The number of anilines is 1. The van der Waals surface area contributed by atoms with Gasteiger partial charge in [-0.3, -0.25) is 4.90 Å². The van der Waals surface area contributed by atoms with Crippen molar-refractivity contribution >= 4 is 5.82 Å². The van der Waals surface area contributed by atoms with Gasteiger partial charge in [0.1, 0.15) is 6.07 Å². The van der Waals surface area contributed by atoms with Crippen LogP contribution in [0.5, 0.6) is 0 Å². The van der Waals surface area contributed by atoms with Crippen LogP contribution in [0, 0.1) is 11.3 Å². The molecule has 2 atom stereocenters. The summed E-state index contributed by atoms with van der Waals surface area (Å²) in [5, 5.41) is 12.1. The van der Waals surface area contributed by atoms with E-state index in [4.69, 9.17) is 10.00 Å². The van der Waals surface area contributed by atoms with E-state index in [1.807, 2.05) is 6.07 Å². The van der Waals surface area contributed by atoms with Crippen molar-refractivity contribution < 1.29 is 4.74 Å². The molecule has 1 aromatic heterocycles. The summed E-state index contributed by atoms with van der Waals surface area (Å²) in [7, 11) is 0. The predicted octanol–water partition coefficient (Wildman–Crippen LogP) is 1.65. The first-order chi connectivity index (χ1) is 10.2. The number of unbranched alkanes of at least 4 members (excludes halogenated alkanes) is 1. The Morgan fingerprint density at radius 2 is 2.00 bits per heavy atom. The second-order valence-corrected chi connectivity index (χ2v) is 5.52. The molecular formula is C15H23N5O. The topological polar surface area (TPSA) is 74.1 Å². The van der Waals surface area contributed by atoms with Crippen LogP contribution in [-0.4, -0.2) is 53.3 Å². The van der Waals surface area contributed by atoms with E-state index in [0.29, 0.717) is 23.7 Å². The lowest BCUT2D eigenvalue weighted by atomic mass is 10.2. The van der Waals surface area contributed by atoms with E-state index in [9.17, 15) is 0 Å². The second-order valence-electron chi connectivity index (χ2n) is 5.52. The van der Waals surface area contributed by atoms with Gasteiger partial charge in [0.25, 0.3) is 0 Å². The summed E-state index contributed by atoms with van der Waals surface area (Å²) < 4.78 is 5.73. The zero-order valence-electron chi connectivity index (χ0n) is 12.7. The van der Waals surface area contributed by atoms with Gasteiger partial charge >= 0.3 is 0 Å². The van der Waals surface area contributed by atoms with Crippen LogP contribution < -0.4 is 5.32 Å². The molecular weight excluding hydrogens is 266 g/mol. The number of aromatic nitrogens is 2. The standard InChI is InChI=1S/C15H23N5O/c1-12-10-20(11-13(2)21-12)8-4-3-5-18-15-14(9-16)17-6-7-19-15/h6-7,12-13H,3-5,8,10-11H2,1-2H3,(H,18,19)/t12-,13-/m1/s1. The largest absolute Gasteiger partial charge is 0.373 e. The summed E-state index contributed by atoms with van der Waals surface area (Å²) in [4.78, 5) is 10.6. The molecule has 1 aliphatic rings. The number of ether oxygens (including phenoxy) is 1. The highest BCUT2D eigenvalue weighted by Gasteiger charge is 2.21. The van der Waals surface area contributed by atoms with Crippen LogP contribution in [0.3, 0.4) is 0 Å². The smallest absolute Gasteiger partial charge is 0.182 e. The fourth-order valence-electron chi connectivity index (χ4n) is 2.68. The zero-order valence-corrected chi connectivity index (χ0v) is 12.7. The van der Waals surface area contributed by atoms with Crippen molar-refractivity contribution in [1.82, 2.24) is 14.9 Å². The van der Waals surface area contributed by atoms with Gasteiger partial charge in [-0.2, -0.15) is 5.26 Å². The van der Waals surface area contributed by atoms with Gasteiger partial charge in [0.05, 0.1) is 12.2 Å². The van der Waals surface area contributed by atoms with Crippen LogP contribution in [-0.2, 0) is 4.74 Å². The molecule has 0 radical (unpaired) electrons. The molecule has 6 heteroatoms. The van der Waals surface area contributed by atoms with E-state index in [2.05, 4.69) is 34.0 Å². The molecule has 6 nitrogen and oxygen atoms in total. The number of hydrogen-bond acceptors (Lipinski definition) is 6. The van der Waals surface area contributed by atoms with Crippen LogP contribution in [0.2, 0.25) is 0 Å². The van der Waals surface area contributed by atoms with Crippen molar-refractivity contribution in [1.29, 1.82) is 5.26 Å². The molecule has 0 bridgehead atoms. The van der Waals surface area contributed by atoms with Crippen molar-refractivity contribution in [3.05, 3.63) is 18.1 Å². The van der Waals surface area contributed by atoms with Crippen LogP contribution >= 0.6 is 0 Å². The molecule has 1 aromatic rings. The van der Waals surface area contributed by atoms with E-state index in [0.717, 1.165) is 39.0 Å². The Balaban J connectivity index is 1.65. The summed E-state index contributed by atoms with van der Waals surface area (Å²) in [6.45, 7) is 8.18. The maximum Gasteiger partial charge on any atom is 0.182 e. The quantitative estimate of drug-likeness (QED) is 0.803. The minimum atomic E-state index is 0.324. The Morgan fingerprint density at radius 3 is 2.71 bits per heavy atom. The molecule has 1 fully saturated rings. The molecule has 0 saturated carbocycles. The number of hydrogen-bond donors (Lipinski definition) is 1. The molecule has 1 aliphatic heterocycles. The number of nitrogens with zero attached hydrogens (tertiary/aromatic N) is 4. The van der Waals surface area contributed by atoms with E-state index in [1.54, 1.807) is 6.20 Å². The van der Waals surface area contributed by atoms with Crippen molar-refractivity contribution in [2.45, 2.75) is 38.9 Å². The predicted molar refractivity (Wildman–Crippen MR) is 80.9 cm³/mol. The lowest BCUT2D eigenvalue weighted by molar-refractivity contribution is -0.0681. The van der Waals surface area contributed by atoms with Crippen LogP contribution in [0.25, 0.3) is 0 Å². The van der Waals surface area contributed by atoms with Gasteiger partial charge in [0.15, 0.2) is 11.5 Å². The molecule has 21 heavy (non-hydrogen) atoms. The van der Waals surface area contributed by atoms with Crippen LogP contribution in [0.15, 0.2) is 12.4 Å². The van der Waals surface area contributed by atoms with E-state index < -0.39 is 0 Å². The van der Waals surface area contributed by atoms with Gasteiger partial charge in [-0.15, -0.1) is 0 Å². The summed E-state index contributed by atoms with van der Waals surface area (Å²) in [5.41, 5.74) is 0.355. The maximum absolute atomic E-state index is 8.93. The fraction of sp³-hybridized carbons (Fsp3) is 0.667. The third-order valence-corrected chi connectivity index (χ3v) is 3.49. The Bertz CT molecular complexity index is 477. The Morgan fingerprint density at radius 1 is 1.29 bits per heavy atom. The molecule has 0 aromatic carbocycles. The monoisotopic (exact) mass is 289 g/mol. The van der Waals surface area contributed by atoms with Gasteiger partial charge in [-0.25, -0.2) is 9.97 Å². The molecule has 0 spiro atoms. The van der Waals surface area contributed by atoms with E-state index >= 15 is 0 Å². The molecule has 2 rings (SSSR count). The minimum absolute atomic E-state index is 0.324. The summed E-state index contributed by atoms with van der Waals surface area (Å²) >= 11 is 0. The third kappa shape index (κ3) is 4.96. The molecule has 1 saturated heterocycles. The lowest BCUT2D eigenvalue weighted by Crippen LogP contribution is -2.45. The van der Waals surface area contributed by atoms with Gasteiger partial charge in [-0.1, -0.05) is 0 Å². The number of morpholine rings is 1. The highest BCUT2D eigenvalue weighted by atomic mass is 16.5.